The third-order valence-electron chi connectivity index (χ3n) is 4.12. The molecule has 1 aromatic carbocycles. The average Bonchev–Trinajstić information content (AvgIpc) is 2.94. The molecule has 0 saturated carbocycles. The van der Waals surface area contributed by atoms with Crippen LogP contribution in [-0.4, -0.2) is 45.7 Å². The van der Waals surface area contributed by atoms with E-state index in [2.05, 4.69) is 10.3 Å². The fourth-order valence-electron chi connectivity index (χ4n) is 2.82. The molecule has 2 heterocycles. The number of benzene rings is 1. The molecule has 0 unspecified atom stereocenters. The van der Waals surface area contributed by atoms with E-state index in [-0.39, 0.29) is 23.7 Å². The van der Waals surface area contributed by atoms with Gasteiger partial charge in [-0.3, -0.25) is 4.79 Å². The van der Waals surface area contributed by atoms with E-state index >= 15 is 0 Å². The number of thiazole rings is 1. The fraction of sp³-hybridized carbons (Fsp3) is 0.500. The summed E-state index contributed by atoms with van der Waals surface area (Å²) in [7, 11) is 0. The molecule has 1 fully saturated rings. The molecule has 26 heavy (non-hydrogen) atoms. The molecule has 1 saturated heterocycles. The van der Waals surface area contributed by atoms with Crippen LogP contribution in [0.2, 0.25) is 0 Å². The Morgan fingerprint density at radius 1 is 1.31 bits per heavy atom. The number of ether oxygens (including phenoxy) is 1. The number of fused-ring (bicyclic) bond motifs is 1. The summed E-state index contributed by atoms with van der Waals surface area (Å²) in [5.41, 5.74) is 0.218. The maximum atomic E-state index is 12.5. The van der Waals surface area contributed by atoms with Gasteiger partial charge in [-0.05, 0) is 51.8 Å². The highest BCUT2D eigenvalue weighted by Gasteiger charge is 2.30. The normalized spacial score (nSPS) is 15.9. The van der Waals surface area contributed by atoms with Gasteiger partial charge in [0.25, 0.3) is 0 Å². The third kappa shape index (κ3) is 4.43. The number of nitrogens with zero attached hydrogens (tertiary/aromatic N) is 2. The van der Waals surface area contributed by atoms with Crippen molar-refractivity contribution in [2.24, 2.45) is 5.92 Å². The van der Waals surface area contributed by atoms with Crippen LogP contribution in [-0.2, 0) is 9.53 Å². The second-order valence-electron chi connectivity index (χ2n) is 7.40. The summed E-state index contributed by atoms with van der Waals surface area (Å²) in [6, 6.07) is 4.91. The summed E-state index contributed by atoms with van der Waals surface area (Å²) >= 11 is 1.33. The van der Waals surface area contributed by atoms with Gasteiger partial charge in [-0.25, -0.2) is 9.78 Å². The highest BCUT2D eigenvalue weighted by Crippen LogP contribution is 2.29. The van der Waals surface area contributed by atoms with E-state index < -0.39 is 5.60 Å². The Morgan fingerprint density at radius 2 is 2.00 bits per heavy atom. The van der Waals surface area contributed by atoms with Crippen molar-refractivity contribution in [3.63, 3.8) is 0 Å². The van der Waals surface area contributed by atoms with Gasteiger partial charge in [-0.1, -0.05) is 11.3 Å². The molecule has 2 amide bonds. The van der Waals surface area contributed by atoms with E-state index in [1.165, 1.54) is 11.3 Å². The van der Waals surface area contributed by atoms with E-state index in [1.54, 1.807) is 23.1 Å². The van der Waals surface area contributed by atoms with Gasteiger partial charge in [-0.15, -0.1) is 0 Å². The molecule has 1 aromatic heterocycles. The number of anilines is 1. The van der Waals surface area contributed by atoms with Crippen LogP contribution in [0, 0.1) is 5.92 Å². The summed E-state index contributed by atoms with van der Waals surface area (Å²) in [5.74, 6) is -0.0697. The van der Waals surface area contributed by atoms with E-state index in [9.17, 15) is 14.7 Å². The molecular formula is C18H23N3O4S. The first-order valence-electron chi connectivity index (χ1n) is 8.59. The molecule has 0 bridgehead atoms. The number of nitrogens with one attached hydrogen (secondary N) is 1. The monoisotopic (exact) mass is 377 g/mol. The van der Waals surface area contributed by atoms with Crippen molar-refractivity contribution in [2.75, 3.05) is 18.4 Å². The zero-order valence-electron chi connectivity index (χ0n) is 15.1. The van der Waals surface area contributed by atoms with Crippen molar-refractivity contribution in [1.82, 2.24) is 9.88 Å². The molecule has 2 N–H and O–H groups in total. The van der Waals surface area contributed by atoms with Crippen molar-refractivity contribution in [2.45, 2.75) is 39.2 Å². The van der Waals surface area contributed by atoms with Crippen molar-refractivity contribution in [3.8, 4) is 5.75 Å². The Labute approximate surface area is 156 Å². The largest absolute Gasteiger partial charge is 0.508 e. The second kappa shape index (κ2) is 7.11. The van der Waals surface area contributed by atoms with Gasteiger partial charge in [0.15, 0.2) is 5.13 Å². The SMILES string of the molecule is CC(C)(C)OC(=O)N1CCC(C(=O)Nc2nc3ccc(O)cc3s2)CC1. The number of phenolic OH excluding ortho intramolecular Hbond substituents is 1. The number of phenols is 1. The number of amides is 2. The standard InChI is InChI=1S/C18H23N3O4S/c1-18(2,3)25-17(24)21-8-6-11(7-9-21)15(23)20-16-19-13-5-4-12(22)10-14(13)26-16/h4-5,10-11,22H,6-9H2,1-3H3,(H,19,20,23). The number of hydrogen-bond acceptors (Lipinski definition) is 6. The number of aromatic nitrogens is 1. The highest BCUT2D eigenvalue weighted by atomic mass is 32.1. The summed E-state index contributed by atoms with van der Waals surface area (Å²) in [5, 5.41) is 12.9. The Balaban J connectivity index is 1.55. The minimum Gasteiger partial charge on any atom is -0.508 e. The zero-order chi connectivity index (χ0) is 18.9. The molecule has 2 aromatic rings. The maximum absolute atomic E-state index is 12.5. The second-order valence-corrected chi connectivity index (χ2v) is 8.43. The minimum absolute atomic E-state index is 0.0860. The van der Waals surface area contributed by atoms with Gasteiger partial charge >= 0.3 is 6.09 Å². The van der Waals surface area contributed by atoms with Crippen molar-refractivity contribution < 1.29 is 19.4 Å². The smallest absolute Gasteiger partial charge is 0.410 e. The van der Waals surface area contributed by atoms with Crippen LogP contribution >= 0.6 is 11.3 Å². The quantitative estimate of drug-likeness (QED) is 0.834. The lowest BCUT2D eigenvalue weighted by Gasteiger charge is -2.32. The summed E-state index contributed by atoms with van der Waals surface area (Å²) in [4.78, 5) is 30.6. The molecule has 8 heteroatoms. The number of hydrogen-bond donors (Lipinski definition) is 2. The van der Waals surface area contributed by atoms with Gasteiger partial charge in [0.05, 0.1) is 10.2 Å². The molecule has 7 nitrogen and oxygen atoms in total. The number of likely N-dealkylation sites (tertiary alicyclic amines) is 1. The Kier molecular flexibility index (Phi) is 5.04. The van der Waals surface area contributed by atoms with E-state index in [0.29, 0.717) is 31.1 Å². The summed E-state index contributed by atoms with van der Waals surface area (Å²) in [6.07, 6.45) is 0.857. The number of carbonyl (C=O) groups excluding carboxylic acids is 2. The topological polar surface area (TPSA) is 91.8 Å². The highest BCUT2D eigenvalue weighted by molar-refractivity contribution is 7.22. The first-order valence-corrected chi connectivity index (χ1v) is 9.41. The Hall–Kier alpha value is -2.35. The maximum Gasteiger partial charge on any atom is 0.410 e. The summed E-state index contributed by atoms with van der Waals surface area (Å²) < 4.78 is 6.19. The minimum atomic E-state index is -0.521. The molecule has 140 valence electrons. The molecular weight excluding hydrogens is 354 g/mol. The number of carbonyl (C=O) groups is 2. The van der Waals surface area contributed by atoms with Crippen LogP contribution in [0.3, 0.4) is 0 Å². The van der Waals surface area contributed by atoms with Gasteiger partial charge < -0.3 is 20.1 Å². The fourth-order valence-corrected chi connectivity index (χ4v) is 3.73. The lowest BCUT2D eigenvalue weighted by atomic mass is 9.96. The van der Waals surface area contributed by atoms with Crippen LogP contribution in [0.4, 0.5) is 9.93 Å². The number of rotatable bonds is 2. The molecule has 0 aliphatic carbocycles. The van der Waals surface area contributed by atoms with Crippen molar-refractivity contribution in [3.05, 3.63) is 18.2 Å². The van der Waals surface area contributed by atoms with Gasteiger partial charge in [-0.2, -0.15) is 0 Å². The van der Waals surface area contributed by atoms with Crippen LogP contribution in [0.5, 0.6) is 5.75 Å². The molecule has 1 aliphatic heterocycles. The van der Waals surface area contributed by atoms with E-state index in [1.807, 2.05) is 20.8 Å². The predicted molar refractivity (Wildman–Crippen MR) is 100 cm³/mol. The lowest BCUT2D eigenvalue weighted by Crippen LogP contribution is -2.43. The molecule has 0 radical (unpaired) electrons. The Morgan fingerprint density at radius 3 is 2.65 bits per heavy atom. The molecule has 3 rings (SSSR count). The van der Waals surface area contributed by atoms with Crippen LogP contribution in [0.25, 0.3) is 10.2 Å². The predicted octanol–water partition coefficient (Wildman–Crippen LogP) is 3.59. The molecule has 1 aliphatic rings. The number of piperidine rings is 1. The van der Waals surface area contributed by atoms with Gasteiger partial charge in [0.1, 0.15) is 11.4 Å². The molecule has 0 spiro atoms. The first kappa shape index (κ1) is 18.4. The van der Waals surface area contributed by atoms with Gasteiger partial charge in [0.2, 0.25) is 5.91 Å². The molecule has 0 atom stereocenters. The van der Waals surface area contributed by atoms with Crippen LogP contribution in [0.15, 0.2) is 18.2 Å². The van der Waals surface area contributed by atoms with Crippen molar-refractivity contribution >= 4 is 38.7 Å². The first-order chi connectivity index (χ1) is 12.2. The van der Waals surface area contributed by atoms with Gasteiger partial charge in [0, 0.05) is 19.0 Å². The zero-order valence-corrected chi connectivity index (χ0v) is 15.9. The lowest BCUT2D eigenvalue weighted by molar-refractivity contribution is -0.121. The third-order valence-corrected chi connectivity index (χ3v) is 5.05. The average molecular weight is 377 g/mol. The summed E-state index contributed by atoms with van der Waals surface area (Å²) in [6.45, 7) is 6.51. The van der Waals surface area contributed by atoms with E-state index in [4.69, 9.17) is 4.74 Å². The Bertz CT molecular complexity index is 819. The van der Waals surface area contributed by atoms with Crippen LogP contribution < -0.4 is 5.32 Å². The van der Waals surface area contributed by atoms with Crippen LogP contribution in [0.1, 0.15) is 33.6 Å². The van der Waals surface area contributed by atoms with Crippen molar-refractivity contribution in [1.29, 1.82) is 0 Å². The van der Waals surface area contributed by atoms with E-state index in [0.717, 1.165) is 10.2 Å². The number of aromatic hydroxyl groups is 1.